The van der Waals surface area contributed by atoms with Crippen molar-refractivity contribution in [3.05, 3.63) is 83.3 Å². The Morgan fingerprint density at radius 2 is 1.97 bits per heavy atom. The molecule has 8 heteroatoms. The molecular formula is C22H17ClN4O3. The SMILES string of the molecule is CCOC(=O)c1ccccc1NC(=O)c1ccn2ncc(-c3cccc(Cl)c3)c2n1. The minimum Gasteiger partial charge on any atom is -0.462 e. The summed E-state index contributed by atoms with van der Waals surface area (Å²) in [7, 11) is 0. The first-order valence-corrected chi connectivity index (χ1v) is 9.62. The molecule has 0 saturated carbocycles. The monoisotopic (exact) mass is 420 g/mol. The maximum Gasteiger partial charge on any atom is 0.340 e. The first-order chi connectivity index (χ1) is 14.6. The summed E-state index contributed by atoms with van der Waals surface area (Å²) in [5.74, 6) is -0.955. The number of carbonyl (C=O) groups excluding carboxylic acids is 2. The number of benzene rings is 2. The molecule has 2 aromatic heterocycles. The minimum atomic E-state index is -0.504. The molecule has 0 unspecified atom stereocenters. The Labute approximate surface area is 177 Å². The average Bonchev–Trinajstić information content (AvgIpc) is 3.17. The number of ether oxygens (including phenoxy) is 1. The van der Waals surface area contributed by atoms with Crippen molar-refractivity contribution in [2.75, 3.05) is 11.9 Å². The number of halogens is 1. The van der Waals surface area contributed by atoms with Crippen LogP contribution >= 0.6 is 11.6 Å². The fraction of sp³-hybridized carbons (Fsp3) is 0.0909. The van der Waals surface area contributed by atoms with Gasteiger partial charge in [0.15, 0.2) is 5.65 Å². The number of anilines is 1. The van der Waals surface area contributed by atoms with Crippen molar-refractivity contribution in [1.82, 2.24) is 14.6 Å². The lowest BCUT2D eigenvalue weighted by atomic mass is 10.1. The van der Waals surface area contributed by atoms with Crippen LogP contribution in [0.1, 0.15) is 27.8 Å². The number of rotatable bonds is 5. The number of fused-ring (bicyclic) bond motifs is 1. The number of nitrogens with one attached hydrogen (secondary N) is 1. The van der Waals surface area contributed by atoms with Crippen molar-refractivity contribution in [1.29, 1.82) is 0 Å². The summed E-state index contributed by atoms with van der Waals surface area (Å²) in [6.07, 6.45) is 3.33. The molecule has 30 heavy (non-hydrogen) atoms. The minimum absolute atomic E-state index is 0.185. The number of amides is 1. The lowest BCUT2D eigenvalue weighted by Crippen LogP contribution is -2.17. The molecule has 0 bridgehead atoms. The molecule has 0 saturated heterocycles. The molecule has 4 aromatic rings. The number of nitrogens with zero attached hydrogens (tertiary/aromatic N) is 3. The zero-order valence-corrected chi connectivity index (χ0v) is 16.8. The third kappa shape index (κ3) is 3.88. The van der Waals surface area contributed by atoms with Crippen LogP contribution in [0.5, 0.6) is 0 Å². The fourth-order valence-electron chi connectivity index (χ4n) is 3.02. The second-order valence-electron chi connectivity index (χ2n) is 6.37. The Hall–Kier alpha value is -3.71. The van der Waals surface area contributed by atoms with E-state index in [4.69, 9.17) is 16.3 Å². The molecule has 0 atom stereocenters. The summed E-state index contributed by atoms with van der Waals surface area (Å²) in [5.41, 5.74) is 2.92. The van der Waals surface area contributed by atoms with Gasteiger partial charge in [0, 0.05) is 16.8 Å². The second kappa shape index (κ2) is 8.34. The lowest BCUT2D eigenvalue weighted by Gasteiger charge is -2.10. The van der Waals surface area contributed by atoms with Gasteiger partial charge in [-0.05, 0) is 42.8 Å². The Bertz CT molecular complexity index is 1250. The van der Waals surface area contributed by atoms with Gasteiger partial charge in [-0.25, -0.2) is 14.3 Å². The van der Waals surface area contributed by atoms with E-state index in [1.165, 1.54) is 0 Å². The topological polar surface area (TPSA) is 85.6 Å². The van der Waals surface area contributed by atoms with Crippen LogP contribution in [-0.2, 0) is 4.74 Å². The largest absolute Gasteiger partial charge is 0.462 e. The molecule has 0 aliphatic carbocycles. The standard InChI is InChI=1S/C22H17ClN4O3/c1-2-30-22(29)16-8-3-4-9-18(16)26-21(28)19-10-11-27-20(25-19)17(13-24-27)14-6-5-7-15(23)12-14/h3-13H,2H2,1H3,(H,26,28). The first-order valence-electron chi connectivity index (χ1n) is 9.24. The Balaban J connectivity index is 1.67. The second-order valence-corrected chi connectivity index (χ2v) is 6.81. The van der Waals surface area contributed by atoms with Crippen molar-refractivity contribution in [3.8, 4) is 11.1 Å². The summed E-state index contributed by atoms with van der Waals surface area (Å²) >= 11 is 6.10. The maximum atomic E-state index is 12.8. The molecule has 0 spiro atoms. The average molecular weight is 421 g/mol. The van der Waals surface area contributed by atoms with Crippen LogP contribution in [-0.4, -0.2) is 33.1 Å². The van der Waals surface area contributed by atoms with Gasteiger partial charge in [0.25, 0.3) is 5.91 Å². The highest BCUT2D eigenvalue weighted by Gasteiger charge is 2.17. The zero-order chi connectivity index (χ0) is 21.1. The summed E-state index contributed by atoms with van der Waals surface area (Å²) in [5, 5.41) is 7.62. The van der Waals surface area contributed by atoms with Crippen LogP contribution in [0.3, 0.4) is 0 Å². The van der Waals surface area contributed by atoms with Crippen molar-refractivity contribution < 1.29 is 14.3 Å². The Kier molecular flexibility index (Phi) is 5.45. The van der Waals surface area contributed by atoms with Crippen LogP contribution in [0, 0.1) is 0 Å². The molecule has 2 heterocycles. The number of para-hydroxylation sites is 1. The lowest BCUT2D eigenvalue weighted by molar-refractivity contribution is 0.0527. The van der Waals surface area contributed by atoms with E-state index in [2.05, 4.69) is 15.4 Å². The highest BCUT2D eigenvalue weighted by Crippen LogP contribution is 2.26. The smallest absolute Gasteiger partial charge is 0.340 e. The van der Waals surface area contributed by atoms with Gasteiger partial charge in [-0.2, -0.15) is 5.10 Å². The van der Waals surface area contributed by atoms with E-state index >= 15 is 0 Å². The molecule has 4 rings (SSSR count). The highest BCUT2D eigenvalue weighted by molar-refractivity contribution is 6.30. The Morgan fingerprint density at radius 3 is 2.77 bits per heavy atom. The molecule has 7 nitrogen and oxygen atoms in total. The van der Waals surface area contributed by atoms with Crippen LogP contribution in [0.15, 0.2) is 67.0 Å². The third-order valence-corrected chi connectivity index (χ3v) is 4.64. The van der Waals surface area contributed by atoms with Gasteiger partial charge in [-0.15, -0.1) is 0 Å². The summed E-state index contributed by atoms with van der Waals surface area (Å²) < 4.78 is 6.63. The fourth-order valence-corrected chi connectivity index (χ4v) is 3.21. The molecule has 0 radical (unpaired) electrons. The van der Waals surface area contributed by atoms with Gasteiger partial charge in [0.2, 0.25) is 0 Å². The van der Waals surface area contributed by atoms with Gasteiger partial charge in [0.1, 0.15) is 5.69 Å². The predicted molar refractivity (Wildman–Crippen MR) is 114 cm³/mol. The normalized spacial score (nSPS) is 10.7. The van der Waals surface area contributed by atoms with E-state index in [0.29, 0.717) is 16.4 Å². The number of esters is 1. The molecule has 0 aliphatic rings. The van der Waals surface area contributed by atoms with Gasteiger partial charge in [0.05, 0.1) is 24.1 Å². The first kappa shape index (κ1) is 19.6. The summed E-state index contributed by atoms with van der Waals surface area (Å²) in [6.45, 7) is 1.97. The van der Waals surface area contributed by atoms with E-state index < -0.39 is 11.9 Å². The number of hydrogen-bond donors (Lipinski definition) is 1. The maximum absolute atomic E-state index is 12.8. The van der Waals surface area contributed by atoms with E-state index in [9.17, 15) is 9.59 Å². The molecule has 150 valence electrons. The molecule has 0 aliphatic heterocycles. The molecule has 1 N–H and O–H groups in total. The van der Waals surface area contributed by atoms with Crippen LogP contribution in [0.4, 0.5) is 5.69 Å². The van der Waals surface area contributed by atoms with E-state index in [1.807, 2.05) is 18.2 Å². The van der Waals surface area contributed by atoms with Gasteiger partial charge in [-0.3, -0.25) is 4.79 Å². The van der Waals surface area contributed by atoms with Gasteiger partial charge >= 0.3 is 5.97 Å². The Morgan fingerprint density at radius 1 is 1.13 bits per heavy atom. The molecule has 1 amide bonds. The number of carbonyl (C=O) groups is 2. The van der Waals surface area contributed by atoms with Crippen molar-refractivity contribution >= 4 is 34.8 Å². The van der Waals surface area contributed by atoms with E-state index in [-0.39, 0.29) is 17.9 Å². The molecular weight excluding hydrogens is 404 g/mol. The molecule has 0 fully saturated rings. The van der Waals surface area contributed by atoms with Crippen LogP contribution in [0.25, 0.3) is 16.8 Å². The van der Waals surface area contributed by atoms with Gasteiger partial charge in [-0.1, -0.05) is 35.9 Å². The quantitative estimate of drug-likeness (QED) is 0.481. The number of hydrogen-bond acceptors (Lipinski definition) is 5. The van der Waals surface area contributed by atoms with Crippen LogP contribution < -0.4 is 5.32 Å². The van der Waals surface area contributed by atoms with E-state index in [0.717, 1.165) is 11.1 Å². The summed E-state index contributed by atoms with van der Waals surface area (Å²) in [4.78, 5) is 29.5. The predicted octanol–water partition coefficient (Wildman–Crippen LogP) is 4.48. The van der Waals surface area contributed by atoms with Gasteiger partial charge < -0.3 is 10.1 Å². The zero-order valence-electron chi connectivity index (χ0n) is 16.0. The van der Waals surface area contributed by atoms with Crippen molar-refractivity contribution in [3.63, 3.8) is 0 Å². The van der Waals surface area contributed by atoms with Crippen molar-refractivity contribution in [2.45, 2.75) is 6.92 Å². The third-order valence-electron chi connectivity index (χ3n) is 4.41. The number of aromatic nitrogens is 3. The highest BCUT2D eigenvalue weighted by atomic mass is 35.5. The summed E-state index contributed by atoms with van der Waals surface area (Å²) in [6, 6.07) is 15.5. The van der Waals surface area contributed by atoms with Crippen molar-refractivity contribution in [2.24, 2.45) is 0 Å². The van der Waals surface area contributed by atoms with E-state index in [1.54, 1.807) is 60.2 Å². The van der Waals surface area contributed by atoms with Crippen LogP contribution in [0.2, 0.25) is 5.02 Å². The molecule has 2 aromatic carbocycles.